The zero-order valence-corrected chi connectivity index (χ0v) is 15.3. The number of hydrogen-bond donors (Lipinski definition) is 0. The first-order valence-electron chi connectivity index (χ1n) is 6.30. The Morgan fingerprint density at radius 3 is 1.95 bits per heavy atom. The van der Waals surface area contributed by atoms with Crippen molar-refractivity contribution in [2.75, 3.05) is 14.1 Å². The predicted molar refractivity (Wildman–Crippen MR) is 88.8 cm³/mol. The third kappa shape index (κ3) is 7.95. The molecular formula is C16H25ClN2Pd. The summed E-state index contributed by atoms with van der Waals surface area (Å²) in [6.45, 7) is 4.24. The second kappa shape index (κ2) is 13.5. The number of halogens is 1. The van der Waals surface area contributed by atoms with Crippen LogP contribution in [0.25, 0.3) is 0 Å². The predicted octanol–water partition coefficient (Wildman–Crippen LogP) is 4.62. The monoisotopic (exact) mass is 386 g/mol. The third-order valence-corrected chi connectivity index (χ3v) is 2.98. The molecule has 0 fully saturated rings. The van der Waals surface area contributed by atoms with Crippen LogP contribution in [0.1, 0.15) is 30.9 Å². The van der Waals surface area contributed by atoms with Crippen molar-refractivity contribution < 1.29 is 18.2 Å². The van der Waals surface area contributed by atoms with Gasteiger partial charge in [0.1, 0.15) is 0 Å². The number of nitrogens with zero attached hydrogens (tertiary/aromatic N) is 2. The van der Waals surface area contributed by atoms with E-state index in [4.69, 9.17) is 0 Å². The quantitative estimate of drug-likeness (QED) is 0.400. The van der Waals surface area contributed by atoms with Crippen LogP contribution in [0.2, 0.25) is 0 Å². The van der Waals surface area contributed by atoms with Crippen LogP contribution in [-0.4, -0.2) is 25.5 Å². The first-order chi connectivity index (χ1) is 9.21. The van der Waals surface area contributed by atoms with Crippen molar-refractivity contribution in [3.63, 3.8) is 0 Å². The van der Waals surface area contributed by atoms with Gasteiger partial charge in [0.25, 0.3) is 0 Å². The minimum absolute atomic E-state index is 0. The standard InChI is InChI=1S/C15H22N2.CH3.ClH.Pd/c1-5-14(16-3)15(17-4)11-10-13-8-6-12(2)7-9-13;;;/h6-9H,5,10-11H2,1-4H3;1H3;1H;/q;-1;;+2/p-1. The van der Waals surface area contributed by atoms with Crippen LogP contribution in [0.4, 0.5) is 0 Å². The molecule has 1 rings (SSSR count). The Labute approximate surface area is 139 Å². The molecule has 0 atom stereocenters. The average Bonchev–Trinajstić information content (AvgIpc) is 2.47. The normalized spacial score (nSPS) is 11.3. The summed E-state index contributed by atoms with van der Waals surface area (Å²) in [7, 11) is 8.18. The molecule has 0 heterocycles. The van der Waals surface area contributed by atoms with Gasteiger partial charge in [-0.15, -0.1) is 0 Å². The van der Waals surface area contributed by atoms with Gasteiger partial charge in [0.2, 0.25) is 0 Å². The van der Waals surface area contributed by atoms with Crippen LogP contribution in [0.15, 0.2) is 34.3 Å². The van der Waals surface area contributed by atoms with Crippen molar-refractivity contribution in [2.24, 2.45) is 9.98 Å². The molecule has 1 aromatic carbocycles. The van der Waals surface area contributed by atoms with Crippen molar-refractivity contribution in [3.05, 3.63) is 42.8 Å². The van der Waals surface area contributed by atoms with Gasteiger partial charge in [-0.3, -0.25) is 9.98 Å². The van der Waals surface area contributed by atoms with Crippen molar-refractivity contribution in [1.82, 2.24) is 0 Å². The summed E-state index contributed by atoms with van der Waals surface area (Å²) in [5.41, 5.74) is 4.93. The van der Waals surface area contributed by atoms with Crippen LogP contribution in [0.5, 0.6) is 0 Å². The SMILES string of the molecule is CCC(=NC)C(CCc1ccc(C)cc1)=NC.[CH3-].[Cl][Pd+]. The summed E-state index contributed by atoms with van der Waals surface area (Å²) in [5, 5.41) is 0. The number of aliphatic imine (C=N–C) groups is 2. The van der Waals surface area contributed by atoms with Gasteiger partial charge in [0.05, 0.1) is 11.4 Å². The second-order valence-corrected chi connectivity index (χ2v) is 4.18. The molecule has 0 unspecified atom stereocenters. The van der Waals surface area contributed by atoms with Crippen LogP contribution >= 0.6 is 9.53 Å². The summed E-state index contributed by atoms with van der Waals surface area (Å²) in [4.78, 5) is 8.64. The van der Waals surface area contributed by atoms with Crippen molar-refractivity contribution in [2.45, 2.75) is 33.1 Å². The molecule has 2 nitrogen and oxygen atoms in total. The van der Waals surface area contributed by atoms with Crippen LogP contribution in [0.3, 0.4) is 0 Å². The van der Waals surface area contributed by atoms with Gasteiger partial charge < -0.3 is 7.43 Å². The topological polar surface area (TPSA) is 24.7 Å². The Morgan fingerprint density at radius 2 is 1.55 bits per heavy atom. The molecule has 0 radical (unpaired) electrons. The average molecular weight is 387 g/mol. The van der Waals surface area contributed by atoms with E-state index in [1.165, 1.54) is 11.1 Å². The van der Waals surface area contributed by atoms with Crippen LogP contribution in [-0.2, 0) is 24.6 Å². The Hall–Kier alpha value is -0.488. The van der Waals surface area contributed by atoms with E-state index in [-0.39, 0.29) is 7.43 Å². The molecule has 20 heavy (non-hydrogen) atoms. The van der Waals surface area contributed by atoms with E-state index in [0.717, 1.165) is 30.7 Å². The first-order valence-corrected chi connectivity index (χ1v) is 8.30. The fourth-order valence-corrected chi connectivity index (χ4v) is 1.89. The molecule has 0 aliphatic heterocycles. The van der Waals surface area contributed by atoms with Crippen LogP contribution in [0, 0.1) is 14.4 Å². The first kappa shape index (κ1) is 21.8. The molecule has 116 valence electrons. The van der Waals surface area contributed by atoms with Gasteiger partial charge in [-0.2, -0.15) is 0 Å². The Balaban J connectivity index is 0. The van der Waals surface area contributed by atoms with Crippen molar-refractivity contribution >= 4 is 21.0 Å². The molecule has 4 heteroatoms. The van der Waals surface area contributed by atoms with Gasteiger partial charge in [-0.25, -0.2) is 0 Å². The molecular weight excluding hydrogens is 362 g/mol. The summed E-state index contributed by atoms with van der Waals surface area (Å²) in [6.07, 6.45) is 2.96. The summed E-state index contributed by atoms with van der Waals surface area (Å²) in [5.74, 6) is 0. The van der Waals surface area contributed by atoms with Gasteiger partial charge in [-0.1, -0.05) is 36.8 Å². The van der Waals surface area contributed by atoms with Gasteiger partial charge >= 0.3 is 27.7 Å². The number of benzene rings is 1. The maximum absolute atomic E-state index is 4.49. The molecule has 0 saturated heterocycles. The van der Waals surface area contributed by atoms with Gasteiger partial charge in [-0.05, 0) is 31.7 Å². The van der Waals surface area contributed by atoms with E-state index in [1.54, 1.807) is 0 Å². The zero-order valence-electron chi connectivity index (χ0n) is 13.0. The van der Waals surface area contributed by atoms with E-state index in [9.17, 15) is 0 Å². The van der Waals surface area contributed by atoms with E-state index in [1.807, 2.05) is 14.1 Å². The fraction of sp³-hybridized carbons (Fsp3) is 0.438. The molecule has 0 amide bonds. The van der Waals surface area contributed by atoms with E-state index < -0.39 is 0 Å². The minimum atomic E-state index is 0. The molecule has 0 aliphatic rings. The summed E-state index contributed by atoms with van der Waals surface area (Å²) < 4.78 is 0. The molecule has 0 aliphatic carbocycles. The van der Waals surface area contributed by atoms with Gasteiger partial charge in [0, 0.05) is 14.1 Å². The molecule has 0 bridgehead atoms. The molecule has 1 aromatic rings. The van der Waals surface area contributed by atoms with E-state index in [0.29, 0.717) is 0 Å². The summed E-state index contributed by atoms with van der Waals surface area (Å²) in [6, 6.07) is 8.70. The Morgan fingerprint density at radius 1 is 1.05 bits per heavy atom. The number of rotatable bonds is 5. The van der Waals surface area contributed by atoms with E-state index >= 15 is 0 Å². The third-order valence-electron chi connectivity index (χ3n) is 2.98. The number of hydrogen-bond acceptors (Lipinski definition) is 2. The second-order valence-electron chi connectivity index (χ2n) is 4.18. The van der Waals surface area contributed by atoms with Crippen molar-refractivity contribution in [3.8, 4) is 0 Å². The fourth-order valence-electron chi connectivity index (χ4n) is 1.89. The molecule has 0 saturated carbocycles. The Kier molecular flexibility index (Phi) is 14.7. The van der Waals surface area contributed by atoms with Crippen molar-refractivity contribution in [1.29, 1.82) is 0 Å². The molecule has 0 spiro atoms. The number of aryl methyl sites for hydroxylation is 2. The van der Waals surface area contributed by atoms with Gasteiger partial charge in [0.15, 0.2) is 0 Å². The summed E-state index contributed by atoms with van der Waals surface area (Å²) >= 11 is 2.22. The Bertz CT molecular complexity index is 411. The van der Waals surface area contributed by atoms with Crippen LogP contribution < -0.4 is 0 Å². The zero-order chi connectivity index (χ0) is 14.7. The maximum atomic E-state index is 4.49. The van der Waals surface area contributed by atoms with E-state index in [2.05, 4.69) is 75.8 Å². The molecule has 0 N–H and O–H groups in total. The molecule has 0 aromatic heterocycles.